The Labute approximate surface area is 260 Å². The molecule has 0 saturated carbocycles. The van der Waals surface area contributed by atoms with E-state index in [1.807, 2.05) is 16.7 Å². The number of hydrogen-bond donors (Lipinski definition) is 2. The number of rotatable bonds is 14. The third-order valence-electron chi connectivity index (χ3n) is 8.01. The summed E-state index contributed by atoms with van der Waals surface area (Å²) in [6.07, 6.45) is 6.79. The number of nitrogens with zero attached hydrogens (tertiary/aromatic N) is 4. The number of carbonyl (C=O) groups is 1. The number of amides is 1. The zero-order valence-electron chi connectivity index (χ0n) is 25.4. The van der Waals surface area contributed by atoms with Crippen molar-refractivity contribution in [3.63, 3.8) is 0 Å². The first-order valence-corrected chi connectivity index (χ1v) is 15.6. The number of unbranched alkanes of at least 4 members (excludes halogenated alkanes) is 1. The molecule has 0 radical (unpaired) electrons. The lowest BCUT2D eigenvalue weighted by molar-refractivity contribution is -0.121. The topological polar surface area (TPSA) is 86.0 Å². The van der Waals surface area contributed by atoms with Gasteiger partial charge in [0.05, 0.1) is 24.4 Å². The number of nitrogens with one attached hydrogen (secondary N) is 2. The van der Waals surface area contributed by atoms with E-state index >= 15 is 0 Å². The third kappa shape index (κ3) is 8.89. The first kappa shape index (κ1) is 31.7. The molecule has 7 nitrogen and oxygen atoms in total. The molecule has 2 N–H and O–H groups in total. The zero-order chi connectivity index (χ0) is 30.6. The van der Waals surface area contributed by atoms with Crippen LogP contribution in [0.25, 0.3) is 10.8 Å². The molecule has 0 bridgehead atoms. The van der Waals surface area contributed by atoms with Crippen molar-refractivity contribution in [2.45, 2.75) is 65.6 Å². The number of imidazole rings is 1. The molecule has 0 aliphatic rings. The number of benzene rings is 3. The van der Waals surface area contributed by atoms with Gasteiger partial charge in [-0.15, -0.1) is 0 Å². The minimum Gasteiger partial charge on any atom is -0.363 e. The highest BCUT2D eigenvalue weighted by Crippen LogP contribution is 2.21. The first-order valence-electron chi connectivity index (χ1n) is 15.2. The van der Waals surface area contributed by atoms with Crippen molar-refractivity contribution in [2.75, 3.05) is 13.1 Å². The summed E-state index contributed by atoms with van der Waals surface area (Å²) >= 11 is 5.93. The van der Waals surface area contributed by atoms with Crippen LogP contribution >= 0.6 is 12.2 Å². The smallest absolute Gasteiger partial charge is 0.226 e. The Morgan fingerprint density at radius 1 is 1.09 bits per heavy atom. The van der Waals surface area contributed by atoms with E-state index in [2.05, 4.69) is 89.8 Å². The molecule has 1 heterocycles. The van der Waals surface area contributed by atoms with Gasteiger partial charge in [-0.3, -0.25) is 4.79 Å². The molecular formula is C35H42N6OS. The summed E-state index contributed by atoms with van der Waals surface area (Å²) in [6, 6.07) is 24.4. The number of nitriles is 1. The van der Waals surface area contributed by atoms with Gasteiger partial charge in [0.25, 0.3) is 0 Å². The fourth-order valence-electron chi connectivity index (χ4n) is 5.17. The van der Waals surface area contributed by atoms with Gasteiger partial charge in [-0.1, -0.05) is 88.2 Å². The highest BCUT2D eigenvalue weighted by molar-refractivity contribution is 7.80. The SMILES string of the molecule is CCCCNC(=S)N(Cc1cccc2ccccc12)C[C@@H](NC(=O)Cc1cncn1Cc1ccc(C#N)cc1)[C@@H](C)CC. The largest absolute Gasteiger partial charge is 0.363 e. The van der Waals surface area contributed by atoms with E-state index in [-0.39, 0.29) is 24.3 Å². The highest BCUT2D eigenvalue weighted by Gasteiger charge is 2.24. The van der Waals surface area contributed by atoms with E-state index in [9.17, 15) is 4.79 Å². The molecule has 43 heavy (non-hydrogen) atoms. The van der Waals surface area contributed by atoms with E-state index in [0.29, 0.717) is 30.3 Å². The normalized spacial score (nSPS) is 12.3. The standard InChI is InChI=1S/C35H42N6OS/c1-4-6-18-38-35(43)40(23-30-12-9-11-29-10-7-8-13-32(29)30)24-33(26(3)5-2)39-34(42)19-31-21-37-25-41(31)22-28-16-14-27(20-36)15-17-28/h7-17,21,25-26,33H,4-6,18-19,22-24H2,1-3H3,(H,38,43)(H,39,42)/t26-,33+/m0/s1. The maximum atomic E-state index is 13.5. The van der Waals surface area contributed by atoms with Crippen LogP contribution in [0, 0.1) is 17.2 Å². The fraction of sp³-hybridized carbons (Fsp3) is 0.371. The van der Waals surface area contributed by atoms with Gasteiger partial charge < -0.3 is 20.1 Å². The Morgan fingerprint density at radius 2 is 1.86 bits per heavy atom. The molecule has 4 rings (SSSR count). The van der Waals surface area contributed by atoms with Gasteiger partial charge in [-0.2, -0.15) is 5.26 Å². The van der Waals surface area contributed by atoms with E-state index in [1.54, 1.807) is 24.7 Å². The molecule has 0 aliphatic heterocycles. The zero-order valence-corrected chi connectivity index (χ0v) is 26.2. The Hall–Kier alpha value is -4.22. The summed E-state index contributed by atoms with van der Waals surface area (Å²) in [5.41, 5.74) is 3.72. The van der Waals surface area contributed by atoms with E-state index in [1.165, 1.54) is 16.3 Å². The van der Waals surface area contributed by atoms with Gasteiger partial charge in [-0.05, 0) is 58.6 Å². The summed E-state index contributed by atoms with van der Waals surface area (Å²) in [4.78, 5) is 20.0. The quantitative estimate of drug-likeness (QED) is 0.133. The van der Waals surface area contributed by atoms with Gasteiger partial charge in [0.2, 0.25) is 5.91 Å². The van der Waals surface area contributed by atoms with Crippen molar-refractivity contribution in [1.82, 2.24) is 25.1 Å². The van der Waals surface area contributed by atoms with Crippen LogP contribution < -0.4 is 10.6 Å². The van der Waals surface area contributed by atoms with Crippen LogP contribution in [0.2, 0.25) is 0 Å². The van der Waals surface area contributed by atoms with Gasteiger partial charge in [0.15, 0.2) is 5.11 Å². The van der Waals surface area contributed by atoms with Crippen LogP contribution in [-0.2, 0) is 24.3 Å². The molecule has 4 aromatic rings. The minimum absolute atomic E-state index is 0.0400. The van der Waals surface area contributed by atoms with Crippen LogP contribution in [-0.4, -0.2) is 44.6 Å². The molecule has 8 heteroatoms. The molecule has 224 valence electrons. The number of carbonyl (C=O) groups excluding carboxylic acids is 1. The molecule has 3 aromatic carbocycles. The summed E-state index contributed by atoms with van der Waals surface area (Å²) < 4.78 is 1.98. The molecule has 0 saturated heterocycles. The summed E-state index contributed by atoms with van der Waals surface area (Å²) in [5.74, 6) is 0.211. The number of fused-ring (bicyclic) bond motifs is 1. The maximum absolute atomic E-state index is 13.5. The first-order chi connectivity index (χ1) is 20.9. The second-order valence-corrected chi connectivity index (χ2v) is 11.5. The minimum atomic E-state index is -0.0895. The van der Waals surface area contributed by atoms with Crippen LogP contribution in [0.1, 0.15) is 62.4 Å². The third-order valence-corrected chi connectivity index (χ3v) is 8.41. The molecule has 0 unspecified atom stereocenters. The van der Waals surface area contributed by atoms with Gasteiger partial charge in [-0.25, -0.2) is 4.98 Å². The summed E-state index contributed by atoms with van der Waals surface area (Å²) in [7, 11) is 0. The maximum Gasteiger partial charge on any atom is 0.226 e. The van der Waals surface area contributed by atoms with Crippen LogP contribution in [0.5, 0.6) is 0 Å². The summed E-state index contributed by atoms with van der Waals surface area (Å²) in [6.45, 7) is 9.17. The van der Waals surface area contributed by atoms with Crippen LogP contribution in [0.4, 0.5) is 0 Å². The molecule has 1 aromatic heterocycles. The van der Waals surface area contributed by atoms with Gasteiger partial charge in [0, 0.05) is 44.1 Å². The Morgan fingerprint density at radius 3 is 2.60 bits per heavy atom. The molecular weight excluding hydrogens is 552 g/mol. The lowest BCUT2D eigenvalue weighted by Gasteiger charge is -2.33. The molecule has 0 fully saturated rings. The predicted octanol–water partition coefficient (Wildman–Crippen LogP) is 6.21. The van der Waals surface area contributed by atoms with Crippen molar-refractivity contribution in [3.05, 3.63) is 102 Å². The van der Waals surface area contributed by atoms with Crippen molar-refractivity contribution in [3.8, 4) is 6.07 Å². The predicted molar refractivity (Wildman–Crippen MR) is 177 cm³/mol. The van der Waals surface area contributed by atoms with E-state index in [0.717, 1.165) is 37.1 Å². The Bertz CT molecular complexity index is 1530. The number of thiocarbonyl (C=S) groups is 1. The van der Waals surface area contributed by atoms with Crippen LogP contribution in [0.3, 0.4) is 0 Å². The molecule has 0 aliphatic carbocycles. The summed E-state index contributed by atoms with van der Waals surface area (Å²) in [5, 5.41) is 19.0. The van der Waals surface area contributed by atoms with E-state index < -0.39 is 0 Å². The lowest BCUT2D eigenvalue weighted by Crippen LogP contribution is -2.51. The van der Waals surface area contributed by atoms with Gasteiger partial charge >= 0.3 is 0 Å². The second kappa shape index (κ2) is 15.9. The Balaban J connectivity index is 1.49. The number of aromatic nitrogens is 2. The van der Waals surface area contributed by atoms with Crippen molar-refractivity contribution in [1.29, 1.82) is 5.26 Å². The average molecular weight is 595 g/mol. The fourth-order valence-corrected chi connectivity index (χ4v) is 5.41. The molecule has 2 atom stereocenters. The van der Waals surface area contributed by atoms with E-state index in [4.69, 9.17) is 17.5 Å². The Kier molecular flexibility index (Phi) is 11.7. The highest BCUT2D eigenvalue weighted by atomic mass is 32.1. The molecule has 1 amide bonds. The number of hydrogen-bond acceptors (Lipinski definition) is 4. The average Bonchev–Trinajstić information content (AvgIpc) is 3.46. The monoisotopic (exact) mass is 594 g/mol. The van der Waals surface area contributed by atoms with Gasteiger partial charge in [0.1, 0.15) is 0 Å². The van der Waals surface area contributed by atoms with Crippen molar-refractivity contribution < 1.29 is 4.79 Å². The van der Waals surface area contributed by atoms with Crippen LogP contribution in [0.15, 0.2) is 79.3 Å². The molecule has 0 spiro atoms. The van der Waals surface area contributed by atoms with Crippen molar-refractivity contribution in [2.24, 2.45) is 5.92 Å². The second-order valence-electron chi connectivity index (χ2n) is 11.2. The lowest BCUT2D eigenvalue weighted by atomic mass is 9.97. The van der Waals surface area contributed by atoms with Crippen molar-refractivity contribution >= 4 is 34.0 Å².